The third-order valence-corrected chi connectivity index (χ3v) is 5.94. The van der Waals surface area contributed by atoms with Gasteiger partial charge in [0.05, 0.1) is 22.9 Å². The number of carbonyl (C=O) groups is 1. The number of benzene rings is 2. The number of fused-ring (bicyclic) bond motifs is 1. The van der Waals surface area contributed by atoms with Crippen LogP contribution in [0, 0.1) is 0 Å². The topological polar surface area (TPSA) is 51.7 Å². The molecule has 158 valence electrons. The van der Waals surface area contributed by atoms with Gasteiger partial charge >= 0.3 is 6.18 Å². The number of alkyl halides is 3. The van der Waals surface area contributed by atoms with Crippen LogP contribution in [0.3, 0.4) is 0 Å². The summed E-state index contributed by atoms with van der Waals surface area (Å²) in [5.41, 5.74) is 0.0230. The summed E-state index contributed by atoms with van der Waals surface area (Å²) in [5, 5.41) is 0.556. The molecule has 1 aromatic heterocycles. The van der Waals surface area contributed by atoms with Crippen molar-refractivity contribution in [2.75, 3.05) is 20.2 Å². The van der Waals surface area contributed by atoms with E-state index in [1.807, 2.05) is 18.2 Å². The van der Waals surface area contributed by atoms with Gasteiger partial charge in [0.15, 0.2) is 0 Å². The number of ether oxygens (including phenoxy) is 2. The molecule has 1 amide bonds. The largest absolute Gasteiger partial charge is 0.497 e. The molecule has 2 aromatic carbocycles. The lowest BCUT2D eigenvalue weighted by molar-refractivity contribution is -0.137. The maximum absolute atomic E-state index is 12.9. The van der Waals surface area contributed by atoms with Crippen molar-refractivity contribution in [2.24, 2.45) is 0 Å². The van der Waals surface area contributed by atoms with Crippen molar-refractivity contribution >= 4 is 27.5 Å². The Bertz CT molecular complexity index is 1060. The molecule has 9 heteroatoms. The van der Waals surface area contributed by atoms with E-state index in [1.165, 1.54) is 23.5 Å². The molecule has 0 unspecified atom stereocenters. The van der Waals surface area contributed by atoms with Crippen LogP contribution in [-0.2, 0) is 6.18 Å². The molecule has 0 spiro atoms. The van der Waals surface area contributed by atoms with Gasteiger partial charge in [-0.1, -0.05) is 17.4 Å². The summed E-state index contributed by atoms with van der Waals surface area (Å²) in [6.07, 6.45) is -3.40. The summed E-state index contributed by atoms with van der Waals surface area (Å²) < 4.78 is 50.9. The number of halogens is 3. The quantitative estimate of drug-likeness (QED) is 0.577. The third-order valence-electron chi connectivity index (χ3n) is 5.01. The lowest BCUT2D eigenvalue weighted by Crippen LogP contribution is -2.41. The highest BCUT2D eigenvalue weighted by atomic mass is 32.1. The van der Waals surface area contributed by atoms with E-state index in [-0.39, 0.29) is 11.7 Å². The molecule has 0 radical (unpaired) electrons. The van der Waals surface area contributed by atoms with Crippen LogP contribution < -0.4 is 9.47 Å². The summed E-state index contributed by atoms with van der Waals surface area (Å²) in [5.74, 6) is 0.326. The first kappa shape index (κ1) is 20.5. The van der Waals surface area contributed by atoms with E-state index in [4.69, 9.17) is 9.47 Å². The van der Waals surface area contributed by atoms with Crippen LogP contribution in [0.15, 0.2) is 42.5 Å². The van der Waals surface area contributed by atoms with Gasteiger partial charge in [-0.3, -0.25) is 4.79 Å². The fourth-order valence-electron chi connectivity index (χ4n) is 3.39. The number of amides is 1. The van der Waals surface area contributed by atoms with Crippen LogP contribution in [0.1, 0.15) is 28.8 Å². The van der Waals surface area contributed by atoms with Crippen LogP contribution in [0.25, 0.3) is 10.2 Å². The maximum atomic E-state index is 12.9. The smallest absolute Gasteiger partial charge is 0.416 e. The molecule has 1 aliphatic heterocycles. The standard InChI is InChI=1S/C21H19F3N2O3S/c1-28-16-5-6-18-17(12-16)25-20(30-18)29-15-7-9-26(10-8-15)19(27)13-3-2-4-14(11-13)21(22,23)24/h2-6,11-12,15H,7-10H2,1H3. The average molecular weight is 436 g/mol. The maximum Gasteiger partial charge on any atom is 0.416 e. The first-order valence-corrected chi connectivity index (χ1v) is 10.2. The summed E-state index contributed by atoms with van der Waals surface area (Å²) in [6.45, 7) is 0.830. The number of carbonyl (C=O) groups excluding carboxylic acids is 1. The summed E-state index contributed by atoms with van der Waals surface area (Å²) in [4.78, 5) is 18.7. The van der Waals surface area contributed by atoms with Crippen molar-refractivity contribution in [3.8, 4) is 10.9 Å². The molecule has 2 heterocycles. The van der Waals surface area contributed by atoms with Crippen LogP contribution in [-0.4, -0.2) is 42.1 Å². The van der Waals surface area contributed by atoms with Gasteiger partial charge in [-0.25, -0.2) is 4.98 Å². The highest BCUT2D eigenvalue weighted by Gasteiger charge is 2.32. The van der Waals surface area contributed by atoms with Crippen LogP contribution in [0.5, 0.6) is 10.9 Å². The van der Waals surface area contributed by atoms with Gasteiger partial charge < -0.3 is 14.4 Å². The molecular formula is C21H19F3N2O3S. The van der Waals surface area contributed by atoms with Gasteiger partial charge in [0.25, 0.3) is 11.1 Å². The Hall–Kier alpha value is -2.81. The average Bonchev–Trinajstić information content (AvgIpc) is 3.14. The second-order valence-electron chi connectivity index (χ2n) is 7.00. The Balaban J connectivity index is 1.37. The van der Waals surface area contributed by atoms with Crippen molar-refractivity contribution in [3.63, 3.8) is 0 Å². The Labute approximate surface area is 175 Å². The molecule has 0 atom stereocenters. The predicted octanol–water partition coefficient (Wildman–Crippen LogP) is 5.01. The van der Waals surface area contributed by atoms with Crippen molar-refractivity contribution in [2.45, 2.75) is 25.1 Å². The number of thiazole rings is 1. The van der Waals surface area contributed by atoms with Crippen molar-refractivity contribution in [1.82, 2.24) is 9.88 Å². The predicted molar refractivity (Wildman–Crippen MR) is 107 cm³/mol. The Morgan fingerprint density at radius 1 is 1.17 bits per heavy atom. The first-order chi connectivity index (χ1) is 14.3. The van der Waals surface area contributed by atoms with E-state index < -0.39 is 17.6 Å². The Kier molecular flexibility index (Phi) is 5.55. The van der Waals surface area contributed by atoms with E-state index in [2.05, 4.69) is 4.98 Å². The van der Waals surface area contributed by atoms with Gasteiger partial charge in [0.2, 0.25) is 0 Å². The molecule has 1 fully saturated rings. The first-order valence-electron chi connectivity index (χ1n) is 9.41. The van der Waals surface area contributed by atoms with Crippen molar-refractivity contribution in [3.05, 3.63) is 53.6 Å². The van der Waals surface area contributed by atoms with E-state index >= 15 is 0 Å². The lowest BCUT2D eigenvalue weighted by Gasteiger charge is -2.31. The zero-order chi connectivity index (χ0) is 21.3. The molecule has 1 aliphatic rings. The lowest BCUT2D eigenvalue weighted by atomic mass is 10.0. The Morgan fingerprint density at radius 2 is 1.93 bits per heavy atom. The normalized spacial score (nSPS) is 15.4. The molecule has 0 aliphatic carbocycles. The molecule has 0 bridgehead atoms. The number of nitrogens with zero attached hydrogens (tertiary/aromatic N) is 2. The number of hydrogen-bond acceptors (Lipinski definition) is 5. The molecule has 1 saturated heterocycles. The number of likely N-dealkylation sites (tertiary alicyclic amines) is 1. The Morgan fingerprint density at radius 3 is 2.63 bits per heavy atom. The number of hydrogen-bond donors (Lipinski definition) is 0. The van der Waals surface area contributed by atoms with E-state index in [1.54, 1.807) is 12.0 Å². The SMILES string of the molecule is COc1ccc2sc(OC3CCN(C(=O)c4cccc(C(F)(F)F)c4)CC3)nc2c1. The van der Waals surface area contributed by atoms with E-state index in [9.17, 15) is 18.0 Å². The van der Waals surface area contributed by atoms with Crippen molar-refractivity contribution < 1.29 is 27.4 Å². The van der Waals surface area contributed by atoms with Gasteiger partial charge in [-0.2, -0.15) is 13.2 Å². The number of methoxy groups -OCH3 is 1. The summed E-state index contributed by atoms with van der Waals surface area (Å²) in [6, 6.07) is 10.2. The van der Waals surface area contributed by atoms with Gasteiger partial charge in [0.1, 0.15) is 11.9 Å². The zero-order valence-electron chi connectivity index (χ0n) is 16.1. The minimum Gasteiger partial charge on any atom is -0.497 e. The zero-order valence-corrected chi connectivity index (χ0v) is 16.9. The highest BCUT2D eigenvalue weighted by molar-refractivity contribution is 7.20. The molecular weight excluding hydrogens is 417 g/mol. The fraction of sp³-hybridized carbons (Fsp3) is 0.333. The van der Waals surface area contributed by atoms with Crippen molar-refractivity contribution in [1.29, 1.82) is 0 Å². The monoisotopic (exact) mass is 436 g/mol. The second-order valence-corrected chi connectivity index (χ2v) is 7.99. The molecule has 0 saturated carbocycles. The summed E-state index contributed by atoms with van der Waals surface area (Å²) in [7, 11) is 1.60. The van der Waals surface area contributed by atoms with Gasteiger partial charge in [0, 0.05) is 37.6 Å². The second kappa shape index (κ2) is 8.14. The molecule has 3 aromatic rings. The minimum atomic E-state index is -4.47. The molecule has 30 heavy (non-hydrogen) atoms. The minimum absolute atomic E-state index is 0.0457. The summed E-state index contributed by atoms with van der Waals surface area (Å²) >= 11 is 1.44. The number of piperidine rings is 1. The fourth-order valence-corrected chi connectivity index (χ4v) is 4.26. The van der Waals surface area contributed by atoms with Gasteiger partial charge in [-0.15, -0.1) is 0 Å². The van der Waals surface area contributed by atoms with Crippen LogP contribution in [0.2, 0.25) is 0 Å². The van der Waals surface area contributed by atoms with Crippen LogP contribution in [0.4, 0.5) is 13.2 Å². The molecule has 4 rings (SSSR count). The van der Waals surface area contributed by atoms with E-state index in [0.717, 1.165) is 28.1 Å². The van der Waals surface area contributed by atoms with Crippen LogP contribution >= 0.6 is 11.3 Å². The highest BCUT2D eigenvalue weighted by Crippen LogP contribution is 2.32. The van der Waals surface area contributed by atoms with E-state index in [0.29, 0.717) is 31.1 Å². The number of aromatic nitrogens is 1. The number of rotatable bonds is 4. The molecule has 0 N–H and O–H groups in total. The third kappa shape index (κ3) is 4.35. The van der Waals surface area contributed by atoms with Gasteiger partial charge in [-0.05, 0) is 30.3 Å². The molecule has 5 nitrogen and oxygen atoms in total.